The van der Waals surface area contributed by atoms with Crippen LogP contribution in [0.5, 0.6) is 5.75 Å². The fraction of sp³-hybridized carbons (Fsp3) is 0.0952. The van der Waals surface area contributed by atoms with Crippen LogP contribution in [0.1, 0.15) is 5.82 Å². The van der Waals surface area contributed by atoms with Gasteiger partial charge in [-0.15, -0.1) is 0 Å². The molecule has 2 heterocycles. The molecule has 2 aromatic carbocycles. The molecule has 0 atom stereocenters. The van der Waals surface area contributed by atoms with Crippen molar-refractivity contribution < 1.29 is 4.74 Å². The average molecular weight is 375 g/mol. The number of pyridine rings is 1. The zero-order chi connectivity index (χ0) is 18.6. The van der Waals surface area contributed by atoms with Crippen LogP contribution in [0.15, 0.2) is 82.7 Å². The predicted octanol–water partition coefficient (Wildman–Crippen LogP) is 4.08. The van der Waals surface area contributed by atoms with Gasteiger partial charge >= 0.3 is 0 Å². The second kappa shape index (κ2) is 7.63. The van der Waals surface area contributed by atoms with Crippen LogP contribution >= 0.6 is 11.8 Å². The third-order valence-corrected chi connectivity index (χ3v) is 5.10. The van der Waals surface area contributed by atoms with Gasteiger partial charge in [0.25, 0.3) is 5.56 Å². The number of hydrogen-bond acceptors (Lipinski definition) is 5. The number of hydrogen-bond donors (Lipinski definition) is 0. The minimum Gasteiger partial charge on any atom is -0.495 e. The van der Waals surface area contributed by atoms with E-state index in [-0.39, 0.29) is 5.56 Å². The largest absolute Gasteiger partial charge is 0.495 e. The highest BCUT2D eigenvalue weighted by Crippen LogP contribution is 2.26. The predicted molar refractivity (Wildman–Crippen MR) is 108 cm³/mol. The van der Waals surface area contributed by atoms with E-state index in [1.54, 1.807) is 23.9 Å². The Hall–Kier alpha value is -3.12. The molecule has 0 unspecified atom stereocenters. The standard InChI is InChI=1S/C21H17N3O2S/c1-26-18-11-5-4-10-17(18)24-19(14-27-20-12-6-7-13-22-20)23-16-9-3-2-8-15(16)21(24)25/h2-13H,14H2,1H3. The fourth-order valence-electron chi connectivity index (χ4n) is 2.91. The average Bonchev–Trinajstić information content (AvgIpc) is 2.73. The van der Waals surface area contributed by atoms with E-state index in [2.05, 4.69) is 4.98 Å². The molecule has 0 saturated carbocycles. The number of para-hydroxylation sites is 3. The Labute approximate surface area is 160 Å². The van der Waals surface area contributed by atoms with E-state index in [0.717, 1.165) is 5.03 Å². The van der Waals surface area contributed by atoms with Gasteiger partial charge in [-0.2, -0.15) is 0 Å². The van der Waals surface area contributed by atoms with Gasteiger partial charge in [0, 0.05) is 6.20 Å². The Morgan fingerprint density at radius 2 is 1.78 bits per heavy atom. The number of benzene rings is 2. The van der Waals surface area contributed by atoms with Crippen molar-refractivity contribution in [1.82, 2.24) is 14.5 Å². The maximum Gasteiger partial charge on any atom is 0.266 e. The van der Waals surface area contributed by atoms with Crippen LogP contribution in [-0.4, -0.2) is 21.6 Å². The Balaban J connectivity index is 1.89. The van der Waals surface area contributed by atoms with Crippen LogP contribution in [0.4, 0.5) is 0 Å². The second-order valence-corrected chi connectivity index (χ2v) is 6.81. The first kappa shape index (κ1) is 17.3. The quantitative estimate of drug-likeness (QED) is 0.492. The number of nitrogens with zero attached hydrogens (tertiary/aromatic N) is 3. The summed E-state index contributed by atoms with van der Waals surface area (Å²) in [5, 5.41) is 1.46. The lowest BCUT2D eigenvalue weighted by atomic mass is 10.2. The van der Waals surface area contributed by atoms with Gasteiger partial charge in [-0.1, -0.05) is 42.1 Å². The third-order valence-electron chi connectivity index (χ3n) is 4.16. The third kappa shape index (κ3) is 3.44. The van der Waals surface area contributed by atoms with E-state index in [0.29, 0.717) is 33.9 Å². The number of methoxy groups -OCH3 is 1. The summed E-state index contributed by atoms with van der Waals surface area (Å²) in [6.07, 6.45) is 1.75. The van der Waals surface area contributed by atoms with Crippen molar-refractivity contribution in [3.05, 3.63) is 89.1 Å². The van der Waals surface area contributed by atoms with Gasteiger partial charge in [-0.05, 0) is 36.4 Å². The van der Waals surface area contributed by atoms with Crippen molar-refractivity contribution in [1.29, 1.82) is 0 Å². The Kier molecular flexibility index (Phi) is 4.89. The van der Waals surface area contributed by atoms with Crippen LogP contribution in [-0.2, 0) is 5.75 Å². The number of thioether (sulfide) groups is 1. The van der Waals surface area contributed by atoms with Crippen LogP contribution in [0.25, 0.3) is 16.6 Å². The Morgan fingerprint density at radius 3 is 2.59 bits per heavy atom. The van der Waals surface area contributed by atoms with E-state index in [9.17, 15) is 4.79 Å². The molecule has 0 fully saturated rings. The van der Waals surface area contributed by atoms with E-state index in [1.807, 2.05) is 60.7 Å². The molecular weight excluding hydrogens is 358 g/mol. The topological polar surface area (TPSA) is 57.0 Å². The lowest BCUT2D eigenvalue weighted by Gasteiger charge is -2.16. The SMILES string of the molecule is COc1ccccc1-n1c(CSc2ccccn2)nc2ccccc2c1=O. The van der Waals surface area contributed by atoms with Gasteiger partial charge in [0.05, 0.1) is 34.5 Å². The molecule has 5 nitrogen and oxygen atoms in total. The van der Waals surface area contributed by atoms with Gasteiger partial charge < -0.3 is 4.74 Å². The number of ether oxygens (including phenoxy) is 1. The molecule has 0 aliphatic heterocycles. The van der Waals surface area contributed by atoms with E-state index in [4.69, 9.17) is 9.72 Å². The molecule has 4 rings (SSSR count). The summed E-state index contributed by atoms with van der Waals surface area (Å²) in [6, 6.07) is 20.6. The first-order valence-electron chi connectivity index (χ1n) is 8.46. The first-order valence-corrected chi connectivity index (χ1v) is 9.44. The lowest BCUT2D eigenvalue weighted by Crippen LogP contribution is -2.24. The number of aromatic nitrogens is 3. The molecule has 27 heavy (non-hydrogen) atoms. The molecule has 2 aromatic heterocycles. The first-order chi connectivity index (χ1) is 13.3. The molecule has 0 amide bonds. The summed E-state index contributed by atoms with van der Waals surface area (Å²) in [5.41, 5.74) is 1.26. The van der Waals surface area contributed by atoms with Crippen LogP contribution in [0, 0.1) is 0 Å². The minimum absolute atomic E-state index is 0.110. The molecule has 0 N–H and O–H groups in total. The zero-order valence-electron chi connectivity index (χ0n) is 14.7. The van der Waals surface area contributed by atoms with E-state index in [1.165, 1.54) is 11.8 Å². The molecule has 0 aliphatic carbocycles. The summed E-state index contributed by atoms with van der Waals surface area (Å²) in [6.45, 7) is 0. The van der Waals surface area contributed by atoms with Crippen molar-refractivity contribution in [2.75, 3.05) is 7.11 Å². The van der Waals surface area contributed by atoms with Crippen molar-refractivity contribution in [2.45, 2.75) is 10.8 Å². The molecule has 0 radical (unpaired) electrons. The summed E-state index contributed by atoms with van der Waals surface area (Å²) < 4.78 is 7.11. The molecular formula is C21H17N3O2S. The van der Waals surface area contributed by atoms with Crippen molar-refractivity contribution in [3.8, 4) is 11.4 Å². The highest BCUT2D eigenvalue weighted by Gasteiger charge is 2.16. The maximum atomic E-state index is 13.3. The molecule has 0 bridgehead atoms. The van der Waals surface area contributed by atoms with Crippen LogP contribution in [0.2, 0.25) is 0 Å². The Bertz CT molecular complexity index is 1140. The highest BCUT2D eigenvalue weighted by molar-refractivity contribution is 7.98. The molecule has 0 spiro atoms. The van der Waals surface area contributed by atoms with Crippen molar-refractivity contribution >= 4 is 22.7 Å². The fourth-order valence-corrected chi connectivity index (χ4v) is 3.69. The molecule has 0 aliphatic rings. The van der Waals surface area contributed by atoms with Crippen LogP contribution in [0.3, 0.4) is 0 Å². The summed E-state index contributed by atoms with van der Waals surface area (Å²) in [5.74, 6) is 1.79. The summed E-state index contributed by atoms with van der Waals surface area (Å²) in [7, 11) is 1.60. The Morgan fingerprint density at radius 1 is 1.00 bits per heavy atom. The second-order valence-electron chi connectivity index (χ2n) is 5.81. The molecule has 6 heteroatoms. The summed E-state index contributed by atoms with van der Waals surface area (Å²) >= 11 is 1.54. The molecule has 4 aromatic rings. The van der Waals surface area contributed by atoms with Gasteiger partial charge in [-0.25, -0.2) is 9.97 Å². The zero-order valence-corrected chi connectivity index (χ0v) is 15.5. The van der Waals surface area contributed by atoms with Gasteiger partial charge in [0.2, 0.25) is 0 Å². The minimum atomic E-state index is -0.110. The van der Waals surface area contributed by atoms with E-state index < -0.39 is 0 Å². The number of rotatable bonds is 5. The van der Waals surface area contributed by atoms with Gasteiger partial charge in [-0.3, -0.25) is 9.36 Å². The van der Waals surface area contributed by atoms with E-state index >= 15 is 0 Å². The van der Waals surface area contributed by atoms with Crippen molar-refractivity contribution in [2.24, 2.45) is 0 Å². The lowest BCUT2D eigenvalue weighted by molar-refractivity contribution is 0.412. The van der Waals surface area contributed by atoms with Gasteiger partial charge in [0.15, 0.2) is 0 Å². The summed E-state index contributed by atoms with van der Waals surface area (Å²) in [4.78, 5) is 22.4. The molecule has 134 valence electrons. The monoisotopic (exact) mass is 375 g/mol. The number of fused-ring (bicyclic) bond motifs is 1. The maximum absolute atomic E-state index is 13.3. The highest BCUT2D eigenvalue weighted by atomic mass is 32.2. The van der Waals surface area contributed by atoms with Crippen LogP contribution < -0.4 is 10.3 Å². The normalized spacial score (nSPS) is 10.9. The van der Waals surface area contributed by atoms with Gasteiger partial charge in [0.1, 0.15) is 11.6 Å². The molecule has 0 saturated heterocycles. The van der Waals surface area contributed by atoms with Crippen molar-refractivity contribution in [3.63, 3.8) is 0 Å². The smallest absolute Gasteiger partial charge is 0.266 e.